The normalized spacial score (nSPS) is 17.8. The maximum absolute atomic E-state index is 12.5. The molecule has 0 bridgehead atoms. The minimum Gasteiger partial charge on any atom is -0.330 e. The van der Waals surface area contributed by atoms with Crippen molar-refractivity contribution in [1.82, 2.24) is 0 Å². The third kappa shape index (κ3) is 3.85. The van der Waals surface area contributed by atoms with Crippen molar-refractivity contribution in [3.63, 3.8) is 0 Å². The number of aryl methyl sites for hydroxylation is 2. The quantitative estimate of drug-likeness (QED) is 0.872. The number of nitrogens with one attached hydrogen (secondary N) is 1. The molecule has 2 aromatic carbocycles. The van der Waals surface area contributed by atoms with Crippen LogP contribution in [0.3, 0.4) is 0 Å². The summed E-state index contributed by atoms with van der Waals surface area (Å²) in [6.07, 6.45) is 4.51. The van der Waals surface area contributed by atoms with E-state index in [1.165, 1.54) is 23.1 Å². The number of hydrogen-bond acceptors (Lipinski definition) is 1. The van der Waals surface area contributed by atoms with Crippen LogP contribution in [0, 0.1) is 0 Å². The minimum absolute atomic E-state index is 0.0716. The molecule has 126 valence electrons. The predicted molar refractivity (Wildman–Crippen MR) is 98.0 cm³/mol. The molecule has 0 aromatic heterocycles. The van der Waals surface area contributed by atoms with Gasteiger partial charge in [-0.15, -0.1) is 0 Å². The van der Waals surface area contributed by atoms with E-state index in [1.54, 1.807) is 0 Å². The molecule has 3 heteroatoms. The first-order valence-corrected chi connectivity index (χ1v) is 9.00. The van der Waals surface area contributed by atoms with Crippen LogP contribution in [0.15, 0.2) is 48.5 Å². The van der Waals surface area contributed by atoms with Crippen molar-refractivity contribution in [2.75, 3.05) is 5.32 Å². The first-order valence-electron chi connectivity index (χ1n) is 9.00. The van der Waals surface area contributed by atoms with Crippen molar-refractivity contribution in [3.8, 4) is 0 Å². The van der Waals surface area contributed by atoms with Crippen LogP contribution in [0.1, 0.15) is 49.4 Å². The SMILES string of the molecule is CCc1ccc(NC(=O)[C@@H](C)[NH2+][C@@H]2CCCc3ccccc32)cc1. The van der Waals surface area contributed by atoms with Crippen molar-refractivity contribution in [1.29, 1.82) is 0 Å². The number of anilines is 1. The summed E-state index contributed by atoms with van der Waals surface area (Å²) in [5.41, 5.74) is 5.00. The van der Waals surface area contributed by atoms with Crippen molar-refractivity contribution in [3.05, 3.63) is 65.2 Å². The van der Waals surface area contributed by atoms with Gasteiger partial charge in [-0.2, -0.15) is 0 Å². The molecule has 0 unspecified atom stereocenters. The van der Waals surface area contributed by atoms with Gasteiger partial charge in [-0.1, -0.05) is 43.3 Å². The Morgan fingerprint density at radius 1 is 1.21 bits per heavy atom. The second-order valence-electron chi connectivity index (χ2n) is 6.72. The third-order valence-electron chi connectivity index (χ3n) is 4.98. The lowest BCUT2D eigenvalue weighted by atomic mass is 9.87. The maximum atomic E-state index is 12.5. The molecule has 3 N–H and O–H groups in total. The molecule has 2 aromatic rings. The first-order chi connectivity index (χ1) is 11.7. The van der Waals surface area contributed by atoms with Crippen molar-refractivity contribution in [2.45, 2.75) is 51.6 Å². The van der Waals surface area contributed by atoms with Gasteiger partial charge in [0.2, 0.25) is 0 Å². The molecule has 0 spiro atoms. The Balaban J connectivity index is 1.62. The van der Waals surface area contributed by atoms with E-state index in [0.717, 1.165) is 24.9 Å². The number of nitrogens with two attached hydrogens (primary N) is 1. The van der Waals surface area contributed by atoms with Crippen LogP contribution in [-0.4, -0.2) is 11.9 Å². The molecule has 0 fully saturated rings. The van der Waals surface area contributed by atoms with Gasteiger partial charge in [0.05, 0.1) is 0 Å². The number of carbonyl (C=O) groups is 1. The molecule has 2 atom stereocenters. The summed E-state index contributed by atoms with van der Waals surface area (Å²) in [7, 11) is 0. The van der Waals surface area contributed by atoms with Crippen LogP contribution in [0.25, 0.3) is 0 Å². The smallest absolute Gasteiger partial charge is 0.282 e. The first kappa shape index (κ1) is 16.7. The summed E-state index contributed by atoms with van der Waals surface area (Å²) in [5, 5.41) is 5.25. The van der Waals surface area contributed by atoms with Crippen molar-refractivity contribution >= 4 is 11.6 Å². The zero-order valence-corrected chi connectivity index (χ0v) is 14.6. The van der Waals surface area contributed by atoms with E-state index in [4.69, 9.17) is 0 Å². The highest BCUT2D eigenvalue weighted by molar-refractivity contribution is 5.93. The van der Waals surface area contributed by atoms with E-state index >= 15 is 0 Å². The molecule has 0 heterocycles. The molecule has 24 heavy (non-hydrogen) atoms. The lowest BCUT2D eigenvalue weighted by Crippen LogP contribution is -2.92. The molecule has 3 rings (SSSR count). The molecule has 0 saturated carbocycles. The van der Waals surface area contributed by atoms with Gasteiger partial charge in [-0.3, -0.25) is 4.79 Å². The van der Waals surface area contributed by atoms with E-state index in [1.807, 2.05) is 19.1 Å². The number of fused-ring (bicyclic) bond motifs is 1. The number of rotatable bonds is 5. The van der Waals surface area contributed by atoms with E-state index in [9.17, 15) is 4.79 Å². The van der Waals surface area contributed by atoms with Gasteiger partial charge in [0.25, 0.3) is 5.91 Å². The van der Waals surface area contributed by atoms with E-state index < -0.39 is 0 Å². The summed E-state index contributed by atoms with van der Waals surface area (Å²) in [5.74, 6) is 0.0716. The van der Waals surface area contributed by atoms with Gasteiger partial charge in [0.15, 0.2) is 6.04 Å². The molecule has 1 aliphatic rings. The van der Waals surface area contributed by atoms with Gasteiger partial charge < -0.3 is 10.6 Å². The number of hydrogen-bond donors (Lipinski definition) is 2. The zero-order valence-electron chi connectivity index (χ0n) is 14.6. The van der Waals surface area contributed by atoms with Gasteiger partial charge in [0.1, 0.15) is 6.04 Å². The van der Waals surface area contributed by atoms with Gasteiger partial charge in [-0.05, 0) is 49.4 Å². The van der Waals surface area contributed by atoms with E-state index in [2.05, 4.69) is 54.0 Å². The van der Waals surface area contributed by atoms with Crippen LogP contribution in [0.4, 0.5) is 5.69 Å². The fraction of sp³-hybridized carbons (Fsp3) is 0.381. The molecule has 0 radical (unpaired) electrons. The molecule has 3 nitrogen and oxygen atoms in total. The highest BCUT2D eigenvalue weighted by atomic mass is 16.2. The number of carbonyl (C=O) groups excluding carboxylic acids is 1. The van der Waals surface area contributed by atoms with Crippen LogP contribution < -0.4 is 10.6 Å². The van der Waals surface area contributed by atoms with Gasteiger partial charge in [0, 0.05) is 17.7 Å². The van der Waals surface area contributed by atoms with Gasteiger partial charge >= 0.3 is 0 Å². The Morgan fingerprint density at radius 2 is 1.96 bits per heavy atom. The van der Waals surface area contributed by atoms with Crippen LogP contribution >= 0.6 is 0 Å². The Kier molecular flexibility index (Phi) is 5.31. The lowest BCUT2D eigenvalue weighted by Gasteiger charge is -2.26. The average Bonchev–Trinajstić information content (AvgIpc) is 2.62. The standard InChI is InChI=1S/C21H26N2O/c1-3-16-11-13-18(14-12-16)23-21(24)15(2)22-20-10-6-8-17-7-4-5-9-19(17)20/h4-5,7,9,11-15,20,22H,3,6,8,10H2,1-2H3,(H,23,24)/p+1/t15-,20-/m1/s1. The molecule has 0 aliphatic heterocycles. The van der Waals surface area contributed by atoms with Gasteiger partial charge in [-0.25, -0.2) is 0 Å². The second kappa shape index (κ2) is 7.63. The predicted octanol–water partition coefficient (Wildman–Crippen LogP) is 3.22. The molecular weight excluding hydrogens is 296 g/mol. The Bertz CT molecular complexity index is 693. The summed E-state index contributed by atoms with van der Waals surface area (Å²) in [6.45, 7) is 4.12. The third-order valence-corrected chi connectivity index (χ3v) is 4.98. The number of amides is 1. The highest BCUT2D eigenvalue weighted by Gasteiger charge is 2.27. The summed E-state index contributed by atoms with van der Waals surface area (Å²) in [6, 6.07) is 17.0. The Labute approximate surface area is 144 Å². The maximum Gasteiger partial charge on any atom is 0.282 e. The Hall–Kier alpha value is -2.13. The van der Waals surface area contributed by atoms with E-state index in [0.29, 0.717) is 6.04 Å². The topological polar surface area (TPSA) is 45.7 Å². The minimum atomic E-state index is -0.105. The number of quaternary nitrogens is 1. The van der Waals surface area contributed by atoms with Crippen LogP contribution in [0.5, 0.6) is 0 Å². The van der Waals surface area contributed by atoms with Crippen molar-refractivity contribution in [2.24, 2.45) is 0 Å². The Morgan fingerprint density at radius 3 is 2.71 bits per heavy atom. The molecule has 0 saturated heterocycles. The van der Waals surface area contributed by atoms with Crippen molar-refractivity contribution < 1.29 is 10.1 Å². The molecule has 1 aliphatic carbocycles. The molecule has 1 amide bonds. The largest absolute Gasteiger partial charge is 0.330 e. The summed E-state index contributed by atoms with van der Waals surface area (Å²) < 4.78 is 0. The van der Waals surface area contributed by atoms with E-state index in [-0.39, 0.29) is 11.9 Å². The fourth-order valence-corrected chi connectivity index (χ4v) is 3.51. The monoisotopic (exact) mass is 323 g/mol. The highest BCUT2D eigenvalue weighted by Crippen LogP contribution is 2.26. The average molecular weight is 323 g/mol. The summed E-state index contributed by atoms with van der Waals surface area (Å²) >= 11 is 0. The lowest BCUT2D eigenvalue weighted by molar-refractivity contribution is -0.714. The fourth-order valence-electron chi connectivity index (χ4n) is 3.51. The van der Waals surface area contributed by atoms with Crippen LogP contribution in [0.2, 0.25) is 0 Å². The zero-order chi connectivity index (χ0) is 16.9. The summed E-state index contributed by atoms with van der Waals surface area (Å²) in [4.78, 5) is 12.5. The van der Waals surface area contributed by atoms with Crippen LogP contribution in [-0.2, 0) is 17.6 Å². The molecular formula is C21H27N2O+. The number of benzene rings is 2. The second-order valence-corrected chi connectivity index (χ2v) is 6.72.